The van der Waals surface area contributed by atoms with Crippen molar-refractivity contribution in [3.05, 3.63) is 18.0 Å². The lowest BCUT2D eigenvalue weighted by Crippen LogP contribution is -2.44. The highest BCUT2D eigenvalue weighted by Crippen LogP contribution is 2.28. The highest BCUT2D eigenvalue weighted by molar-refractivity contribution is 5.83. The van der Waals surface area contributed by atoms with Crippen LogP contribution in [-0.4, -0.2) is 21.7 Å². The fourth-order valence-corrected chi connectivity index (χ4v) is 3.11. The van der Waals surface area contributed by atoms with Crippen LogP contribution >= 0.6 is 0 Å². The van der Waals surface area contributed by atoms with Crippen LogP contribution in [0.4, 0.5) is 0 Å². The molecule has 106 valence electrons. The highest BCUT2D eigenvalue weighted by Gasteiger charge is 2.27. The number of hydrogen-bond acceptors (Lipinski definition) is 3. The molecule has 1 aliphatic carbocycles. The van der Waals surface area contributed by atoms with E-state index in [9.17, 15) is 4.79 Å². The molecule has 3 N–H and O–H groups in total. The van der Waals surface area contributed by atoms with E-state index in [1.165, 1.54) is 6.42 Å². The zero-order valence-electron chi connectivity index (χ0n) is 12.0. The molecule has 1 aliphatic rings. The molecule has 19 heavy (non-hydrogen) atoms. The molecule has 1 aromatic heterocycles. The van der Waals surface area contributed by atoms with E-state index in [1.54, 1.807) is 17.1 Å². The van der Waals surface area contributed by atoms with E-state index in [1.807, 2.05) is 7.05 Å². The van der Waals surface area contributed by atoms with Gasteiger partial charge in [-0.2, -0.15) is 5.10 Å². The maximum Gasteiger partial charge on any atom is 0.241 e. The summed E-state index contributed by atoms with van der Waals surface area (Å²) >= 11 is 0. The van der Waals surface area contributed by atoms with Gasteiger partial charge in [-0.05, 0) is 31.1 Å². The van der Waals surface area contributed by atoms with Crippen LogP contribution in [0.3, 0.4) is 0 Å². The van der Waals surface area contributed by atoms with Crippen LogP contribution in [0, 0.1) is 11.8 Å². The first-order chi connectivity index (χ1) is 8.95. The van der Waals surface area contributed by atoms with Gasteiger partial charge in [0.15, 0.2) is 0 Å². The number of hydrogen-bond donors (Lipinski definition) is 2. The molecule has 0 radical (unpaired) electrons. The molecule has 2 rings (SSSR count). The fraction of sp³-hybridized carbons (Fsp3) is 0.714. The summed E-state index contributed by atoms with van der Waals surface area (Å²) < 4.78 is 1.66. The number of aryl methyl sites for hydroxylation is 1. The van der Waals surface area contributed by atoms with Gasteiger partial charge >= 0.3 is 0 Å². The Balaban J connectivity index is 1.93. The van der Waals surface area contributed by atoms with Gasteiger partial charge in [-0.25, -0.2) is 0 Å². The Morgan fingerprint density at radius 2 is 2.05 bits per heavy atom. The number of amides is 1. The normalized spacial score (nSPS) is 28.9. The predicted molar refractivity (Wildman–Crippen MR) is 74.2 cm³/mol. The maximum absolute atomic E-state index is 12.2. The summed E-state index contributed by atoms with van der Waals surface area (Å²) in [6, 6.07) is -0.366. The van der Waals surface area contributed by atoms with Crippen LogP contribution < -0.4 is 11.1 Å². The predicted octanol–water partition coefficient (Wildman–Crippen LogP) is 1.36. The number of carbonyl (C=O) groups is 1. The van der Waals surface area contributed by atoms with Crippen molar-refractivity contribution in [1.29, 1.82) is 0 Å². The maximum atomic E-state index is 12.2. The Kier molecular flexibility index (Phi) is 4.24. The van der Waals surface area contributed by atoms with Crippen LogP contribution in [0.25, 0.3) is 0 Å². The van der Waals surface area contributed by atoms with Gasteiger partial charge in [-0.1, -0.05) is 13.8 Å². The quantitative estimate of drug-likeness (QED) is 0.865. The van der Waals surface area contributed by atoms with Gasteiger partial charge in [-0.15, -0.1) is 0 Å². The van der Waals surface area contributed by atoms with Crippen LogP contribution in [0.1, 0.15) is 44.7 Å². The third-order valence-corrected chi connectivity index (χ3v) is 3.89. The number of nitrogens with one attached hydrogen (secondary N) is 1. The molecule has 3 atom stereocenters. The van der Waals surface area contributed by atoms with E-state index >= 15 is 0 Å². The number of nitrogens with two attached hydrogens (primary N) is 1. The van der Waals surface area contributed by atoms with Crippen molar-refractivity contribution < 1.29 is 4.79 Å². The summed E-state index contributed by atoms with van der Waals surface area (Å²) in [5.41, 5.74) is 6.73. The third-order valence-electron chi connectivity index (χ3n) is 3.89. The molecule has 0 aromatic carbocycles. The van der Waals surface area contributed by atoms with E-state index in [-0.39, 0.29) is 11.9 Å². The van der Waals surface area contributed by atoms with Gasteiger partial charge < -0.3 is 11.1 Å². The van der Waals surface area contributed by atoms with Gasteiger partial charge in [0.2, 0.25) is 5.91 Å². The highest BCUT2D eigenvalue weighted by atomic mass is 16.2. The molecule has 1 saturated carbocycles. The number of aromatic nitrogens is 2. The van der Waals surface area contributed by atoms with E-state index in [0.29, 0.717) is 11.8 Å². The molecule has 1 amide bonds. The SMILES string of the molecule is CC1CC(C)CC(NC(=O)C(N)c2cnn(C)c2)C1. The van der Waals surface area contributed by atoms with E-state index < -0.39 is 6.04 Å². The van der Waals surface area contributed by atoms with Crippen molar-refractivity contribution in [1.82, 2.24) is 15.1 Å². The lowest BCUT2D eigenvalue weighted by Gasteiger charge is -2.32. The summed E-state index contributed by atoms with van der Waals surface area (Å²) in [5.74, 6) is 1.24. The van der Waals surface area contributed by atoms with Crippen molar-refractivity contribution in [2.45, 2.75) is 45.2 Å². The topological polar surface area (TPSA) is 72.9 Å². The Hall–Kier alpha value is -1.36. The lowest BCUT2D eigenvalue weighted by atomic mass is 9.80. The van der Waals surface area contributed by atoms with Crippen molar-refractivity contribution in [3.8, 4) is 0 Å². The first kappa shape index (κ1) is 14.1. The van der Waals surface area contributed by atoms with Crippen molar-refractivity contribution >= 4 is 5.91 Å². The second-order valence-corrected chi connectivity index (χ2v) is 6.05. The number of carbonyl (C=O) groups excluding carboxylic acids is 1. The Morgan fingerprint density at radius 3 is 2.58 bits per heavy atom. The van der Waals surface area contributed by atoms with Crippen molar-refractivity contribution in [2.24, 2.45) is 24.6 Å². The number of nitrogens with zero attached hydrogens (tertiary/aromatic N) is 2. The van der Waals surface area contributed by atoms with Gasteiger partial charge in [0, 0.05) is 24.8 Å². The fourth-order valence-electron chi connectivity index (χ4n) is 3.11. The van der Waals surface area contributed by atoms with Crippen LogP contribution in [-0.2, 0) is 11.8 Å². The molecule has 3 unspecified atom stereocenters. The molecule has 1 aromatic rings. The minimum atomic E-state index is -0.624. The average Bonchev–Trinajstić information content (AvgIpc) is 2.73. The summed E-state index contributed by atoms with van der Waals surface area (Å²) in [7, 11) is 1.82. The van der Waals surface area contributed by atoms with Gasteiger partial charge in [0.05, 0.1) is 6.20 Å². The zero-order chi connectivity index (χ0) is 14.0. The second-order valence-electron chi connectivity index (χ2n) is 6.05. The first-order valence-corrected chi connectivity index (χ1v) is 7.00. The Bertz CT molecular complexity index is 432. The standard InChI is InChI=1S/C14H24N4O/c1-9-4-10(2)6-12(5-9)17-14(19)13(15)11-7-16-18(3)8-11/h7-10,12-13H,4-6,15H2,1-3H3,(H,17,19). The smallest absolute Gasteiger partial charge is 0.241 e. The average molecular weight is 264 g/mol. The minimum Gasteiger partial charge on any atom is -0.352 e. The van der Waals surface area contributed by atoms with Gasteiger partial charge in [0.1, 0.15) is 6.04 Å². The Morgan fingerprint density at radius 1 is 1.42 bits per heavy atom. The van der Waals surface area contributed by atoms with E-state index in [4.69, 9.17) is 5.73 Å². The Labute approximate surface area is 114 Å². The molecule has 5 nitrogen and oxygen atoms in total. The van der Waals surface area contributed by atoms with Crippen molar-refractivity contribution in [2.75, 3.05) is 0 Å². The summed E-state index contributed by atoms with van der Waals surface area (Å²) in [5, 5.41) is 7.13. The zero-order valence-corrected chi connectivity index (χ0v) is 12.0. The minimum absolute atomic E-state index is 0.0979. The lowest BCUT2D eigenvalue weighted by molar-refractivity contribution is -0.123. The largest absolute Gasteiger partial charge is 0.352 e. The molecule has 1 fully saturated rings. The van der Waals surface area contributed by atoms with Crippen LogP contribution in [0.15, 0.2) is 12.4 Å². The number of rotatable bonds is 3. The summed E-state index contributed by atoms with van der Waals surface area (Å²) in [6.45, 7) is 4.49. The van der Waals surface area contributed by atoms with Gasteiger partial charge in [0.25, 0.3) is 0 Å². The molecule has 0 bridgehead atoms. The summed E-state index contributed by atoms with van der Waals surface area (Å²) in [4.78, 5) is 12.2. The third kappa shape index (κ3) is 3.56. The molecular weight excluding hydrogens is 240 g/mol. The van der Waals surface area contributed by atoms with Crippen LogP contribution in [0.5, 0.6) is 0 Å². The monoisotopic (exact) mass is 264 g/mol. The molecule has 1 heterocycles. The van der Waals surface area contributed by atoms with E-state index in [0.717, 1.165) is 18.4 Å². The molecule has 5 heteroatoms. The molecule has 0 aliphatic heterocycles. The summed E-state index contributed by atoms with van der Waals surface area (Å²) in [6.07, 6.45) is 6.79. The molecule has 0 spiro atoms. The second kappa shape index (κ2) is 5.74. The van der Waals surface area contributed by atoms with Crippen LogP contribution in [0.2, 0.25) is 0 Å². The molecular formula is C14H24N4O. The van der Waals surface area contributed by atoms with Crippen molar-refractivity contribution in [3.63, 3.8) is 0 Å². The first-order valence-electron chi connectivity index (χ1n) is 7.00. The van der Waals surface area contributed by atoms with E-state index in [2.05, 4.69) is 24.3 Å². The van der Waals surface area contributed by atoms with Gasteiger partial charge in [-0.3, -0.25) is 9.48 Å². The molecule has 0 saturated heterocycles.